The Labute approximate surface area is 125 Å². The number of carboxylic acids is 1. The van der Waals surface area contributed by atoms with Crippen molar-refractivity contribution in [1.29, 1.82) is 0 Å². The van der Waals surface area contributed by atoms with Crippen molar-refractivity contribution < 1.29 is 18.3 Å². The third kappa shape index (κ3) is 4.54. The van der Waals surface area contributed by atoms with Gasteiger partial charge in [0.1, 0.15) is 0 Å². The SMILES string of the molecule is CC1CCC(CNS(=O)(=O)c2ccc(CC(=O)O)cc2)C1. The highest BCUT2D eigenvalue weighted by Gasteiger charge is 2.23. The standard InChI is InChI=1S/C15H21NO4S/c1-11-2-3-13(8-11)10-16-21(19,20)14-6-4-12(5-7-14)9-15(17)18/h4-7,11,13,16H,2-3,8-10H2,1H3,(H,17,18). The van der Waals surface area contributed by atoms with Gasteiger partial charge in [0.25, 0.3) is 0 Å². The quantitative estimate of drug-likeness (QED) is 0.842. The number of benzene rings is 1. The smallest absolute Gasteiger partial charge is 0.307 e. The Bertz CT molecular complexity index is 595. The molecular formula is C15H21NO4S. The van der Waals surface area contributed by atoms with Crippen molar-refractivity contribution in [3.63, 3.8) is 0 Å². The lowest BCUT2D eigenvalue weighted by molar-refractivity contribution is -0.136. The molecule has 1 aromatic carbocycles. The van der Waals surface area contributed by atoms with Gasteiger partial charge in [-0.25, -0.2) is 13.1 Å². The first-order valence-corrected chi connectivity index (χ1v) is 8.65. The van der Waals surface area contributed by atoms with Crippen molar-refractivity contribution in [2.24, 2.45) is 11.8 Å². The number of rotatable bonds is 6. The van der Waals surface area contributed by atoms with E-state index in [1.165, 1.54) is 12.1 Å². The number of sulfonamides is 1. The van der Waals surface area contributed by atoms with Crippen LogP contribution >= 0.6 is 0 Å². The number of nitrogens with one attached hydrogen (secondary N) is 1. The average molecular weight is 311 g/mol. The van der Waals surface area contributed by atoms with Crippen LogP contribution in [0.4, 0.5) is 0 Å². The number of carbonyl (C=O) groups is 1. The molecule has 2 N–H and O–H groups in total. The molecule has 5 nitrogen and oxygen atoms in total. The van der Waals surface area contributed by atoms with E-state index in [9.17, 15) is 13.2 Å². The second-order valence-corrected chi connectivity index (χ2v) is 7.62. The Kier molecular flexibility index (Phi) is 5.00. The lowest BCUT2D eigenvalue weighted by atomic mass is 10.1. The predicted octanol–water partition coefficient (Wildman–Crippen LogP) is 2.03. The fourth-order valence-electron chi connectivity index (χ4n) is 2.78. The topological polar surface area (TPSA) is 83.5 Å². The summed E-state index contributed by atoms with van der Waals surface area (Å²) in [6, 6.07) is 6.00. The van der Waals surface area contributed by atoms with E-state index in [1.807, 2.05) is 0 Å². The van der Waals surface area contributed by atoms with E-state index in [0.29, 0.717) is 23.9 Å². The van der Waals surface area contributed by atoms with Crippen LogP contribution in [0.1, 0.15) is 31.7 Å². The van der Waals surface area contributed by atoms with Crippen molar-refractivity contribution in [2.75, 3.05) is 6.54 Å². The predicted molar refractivity (Wildman–Crippen MR) is 79.5 cm³/mol. The molecule has 2 atom stereocenters. The first kappa shape index (κ1) is 16.0. The summed E-state index contributed by atoms with van der Waals surface area (Å²) in [5.41, 5.74) is 0.589. The zero-order valence-electron chi connectivity index (χ0n) is 12.1. The molecule has 1 saturated carbocycles. The van der Waals surface area contributed by atoms with Crippen LogP contribution in [0.5, 0.6) is 0 Å². The highest BCUT2D eigenvalue weighted by atomic mass is 32.2. The minimum atomic E-state index is -3.51. The summed E-state index contributed by atoms with van der Waals surface area (Å²) in [4.78, 5) is 10.8. The Morgan fingerprint density at radius 3 is 2.48 bits per heavy atom. The van der Waals surface area contributed by atoms with Gasteiger partial charge in [-0.15, -0.1) is 0 Å². The van der Waals surface area contributed by atoms with E-state index in [-0.39, 0.29) is 11.3 Å². The van der Waals surface area contributed by atoms with Gasteiger partial charge in [0.2, 0.25) is 10.0 Å². The molecule has 1 aromatic rings. The summed E-state index contributed by atoms with van der Waals surface area (Å²) in [7, 11) is -3.51. The van der Waals surface area contributed by atoms with Crippen LogP contribution in [0.25, 0.3) is 0 Å². The molecule has 1 fully saturated rings. The molecule has 0 spiro atoms. The van der Waals surface area contributed by atoms with Gasteiger partial charge in [-0.05, 0) is 42.4 Å². The fraction of sp³-hybridized carbons (Fsp3) is 0.533. The van der Waals surface area contributed by atoms with E-state index in [1.54, 1.807) is 12.1 Å². The van der Waals surface area contributed by atoms with Crippen LogP contribution in [0.3, 0.4) is 0 Å². The Hall–Kier alpha value is -1.40. The van der Waals surface area contributed by atoms with Crippen LogP contribution in [0, 0.1) is 11.8 Å². The van der Waals surface area contributed by atoms with Crippen LogP contribution in [0.2, 0.25) is 0 Å². The minimum Gasteiger partial charge on any atom is -0.481 e. The van der Waals surface area contributed by atoms with Crippen LogP contribution in [-0.2, 0) is 21.2 Å². The molecule has 0 aromatic heterocycles. The maximum absolute atomic E-state index is 12.2. The normalized spacial score (nSPS) is 22.3. The van der Waals surface area contributed by atoms with Crippen molar-refractivity contribution in [3.05, 3.63) is 29.8 Å². The van der Waals surface area contributed by atoms with Crippen molar-refractivity contribution in [3.8, 4) is 0 Å². The molecule has 0 heterocycles. The number of hydrogen-bond donors (Lipinski definition) is 2. The molecule has 2 rings (SSSR count). The number of carboxylic acid groups (broad SMARTS) is 1. The third-order valence-corrected chi connectivity index (χ3v) is 5.39. The number of hydrogen-bond acceptors (Lipinski definition) is 3. The van der Waals surface area contributed by atoms with Gasteiger partial charge in [0, 0.05) is 6.54 Å². The molecule has 21 heavy (non-hydrogen) atoms. The molecule has 2 unspecified atom stereocenters. The van der Waals surface area contributed by atoms with Gasteiger partial charge < -0.3 is 5.11 Å². The highest BCUT2D eigenvalue weighted by molar-refractivity contribution is 7.89. The van der Waals surface area contributed by atoms with Crippen molar-refractivity contribution >= 4 is 16.0 Å². The van der Waals surface area contributed by atoms with E-state index in [0.717, 1.165) is 19.3 Å². The summed E-state index contributed by atoms with van der Waals surface area (Å²) in [5.74, 6) is 0.162. The summed E-state index contributed by atoms with van der Waals surface area (Å²) < 4.78 is 27.0. The van der Waals surface area contributed by atoms with Crippen LogP contribution in [0.15, 0.2) is 29.2 Å². The van der Waals surface area contributed by atoms with Gasteiger partial charge in [-0.2, -0.15) is 0 Å². The van der Waals surface area contributed by atoms with E-state index < -0.39 is 16.0 Å². The van der Waals surface area contributed by atoms with Gasteiger partial charge in [-0.3, -0.25) is 4.79 Å². The average Bonchev–Trinajstić information content (AvgIpc) is 2.82. The minimum absolute atomic E-state index is 0.103. The molecule has 0 amide bonds. The molecule has 0 radical (unpaired) electrons. The van der Waals surface area contributed by atoms with E-state index in [4.69, 9.17) is 5.11 Å². The van der Waals surface area contributed by atoms with E-state index in [2.05, 4.69) is 11.6 Å². The van der Waals surface area contributed by atoms with Crippen LogP contribution < -0.4 is 4.72 Å². The molecule has 6 heteroatoms. The molecule has 1 aliphatic carbocycles. The summed E-state index contributed by atoms with van der Waals surface area (Å²) >= 11 is 0. The van der Waals surface area contributed by atoms with Gasteiger partial charge in [-0.1, -0.05) is 25.5 Å². The maximum atomic E-state index is 12.2. The van der Waals surface area contributed by atoms with Gasteiger partial charge >= 0.3 is 5.97 Å². The first-order valence-electron chi connectivity index (χ1n) is 7.17. The molecular weight excluding hydrogens is 290 g/mol. The highest BCUT2D eigenvalue weighted by Crippen LogP contribution is 2.29. The zero-order valence-corrected chi connectivity index (χ0v) is 12.9. The summed E-state index contributed by atoms with van der Waals surface area (Å²) in [6.45, 7) is 2.67. The van der Waals surface area contributed by atoms with E-state index >= 15 is 0 Å². The van der Waals surface area contributed by atoms with Crippen molar-refractivity contribution in [1.82, 2.24) is 4.72 Å². The molecule has 0 aliphatic heterocycles. The summed E-state index contributed by atoms with van der Waals surface area (Å²) in [6.07, 6.45) is 3.20. The largest absolute Gasteiger partial charge is 0.481 e. The molecule has 0 saturated heterocycles. The monoisotopic (exact) mass is 311 g/mol. The maximum Gasteiger partial charge on any atom is 0.307 e. The Morgan fingerprint density at radius 2 is 1.95 bits per heavy atom. The Balaban J connectivity index is 1.97. The molecule has 116 valence electrons. The van der Waals surface area contributed by atoms with Gasteiger partial charge in [0.15, 0.2) is 0 Å². The third-order valence-electron chi connectivity index (χ3n) is 3.95. The molecule has 1 aliphatic rings. The fourth-order valence-corrected chi connectivity index (χ4v) is 3.90. The summed E-state index contributed by atoms with van der Waals surface area (Å²) in [5, 5.41) is 8.69. The lowest BCUT2D eigenvalue weighted by Gasteiger charge is -2.12. The Morgan fingerprint density at radius 1 is 1.29 bits per heavy atom. The lowest BCUT2D eigenvalue weighted by Crippen LogP contribution is -2.28. The molecule has 0 bridgehead atoms. The zero-order chi connectivity index (χ0) is 15.5. The number of aliphatic carboxylic acids is 1. The van der Waals surface area contributed by atoms with Crippen LogP contribution in [-0.4, -0.2) is 26.0 Å². The van der Waals surface area contributed by atoms with Gasteiger partial charge in [0.05, 0.1) is 11.3 Å². The first-order chi connectivity index (χ1) is 9.87. The second kappa shape index (κ2) is 6.58. The van der Waals surface area contributed by atoms with Crippen molar-refractivity contribution in [2.45, 2.75) is 37.5 Å². The second-order valence-electron chi connectivity index (χ2n) is 5.85.